The van der Waals surface area contributed by atoms with E-state index in [1.807, 2.05) is 0 Å². The van der Waals surface area contributed by atoms with Gasteiger partial charge in [0, 0.05) is 6.20 Å². The molecule has 7 heteroatoms. The summed E-state index contributed by atoms with van der Waals surface area (Å²) >= 11 is 0. The average molecular weight is 243 g/mol. The van der Waals surface area contributed by atoms with Gasteiger partial charge in [-0.15, -0.1) is 0 Å². The number of nitrogens with one attached hydrogen (secondary N) is 1. The van der Waals surface area contributed by atoms with Gasteiger partial charge in [-0.2, -0.15) is 13.2 Å². The minimum absolute atomic E-state index is 0.178. The highest BCUT2D eigenvalue weighted by atomic mass is 19.4. The Kier molecular flexibility index (Phi) is 2.74. The summed E-state index contributed by atoms with van der Waals surface area (Å²) in [5, 5.41) is 0.315. The predicted octanol–water partition coefficient (Wildman–Crippen LogP) is 1.96. The fourth-order valence-corrected chi connectivity index (χ4v) is 1.37. The van der Waals surface area contributed by atoms with Gasteiger partial charge in [0.1, 0.15) is 11.3 Å². The van der Waals surface area contributed by atoms with Crippen LogP contribution in [0, 0.1) is 0 Å². The van der Waals surface area contributed by atoms with Crippen LogP contribution in [0.15, 0.2) is 18.3 Å². The number of H-pyrrole nitrogens is 1. The number of rotatable bonds is 3. The average Bonchev–Trinajstić information content (AvgIpc) is 2.63. The maximum atomic E-state index is 12.0. The first-order chi connectivity index (χ1) is 8.01. The maximum Gasteiger partial charge on any atom is 0.422 e. The molecule has 2 aromatic rings. The van der Waals surface area contributed by atoms with Crippen molar-refractivity contribution in [3.8, 4) is 5.75 Å². The summed E-state index contributed by atoms with van der Waals surface area (Å²) in [7, 11) is 0. The maximum absolute atomic E-state index is 12.0. The quantitative estimate of drug-likeness (QED) is 0.896. The van der Waals surface area contributed by atoms with Crippen LogP contribution in [0.1, 0.15) is 5.69 Å². The fraction of sp³-hybridized carbons (Fsp3) is 0.200. The van der Waals surface area contributed by atoms with E-state index in [4.69, 9.17) is 0 Å². The van der Waals surface area contributed by atoms with E-state index in [0.717, 1.165) is 0 Å². The Hall–Kier alpha value is -2.05. The monoisotopic (exact) mass is 243 g/mol. The minimum atomic E-state index is -4.47. The van der Waals surface area contributed by atoms with Crippen molar-refractivity contribution in [2.45, 2.75) is 6.18 Å². The Labute approximate surface area is 93.4 Å². The summed E-state index contributed by atoms with van der Waals surface area (Å²) in [6, 6.07) is 3.04. The summed E-state index contributed by atoms with van der Waals surface area (Å²) < 4.78 is 40.7. The number of nitrogens with zero attached hydrogens (tertiary/aromatic N) is 1. The Morgan fingerprint density at radius 3 is 2.88 bits per heavy atom. The van der Waals surface area contributed by atoms with Crippen LogP contribution in [-0.4, -0.2) is 29.0 Å². The number of aromatic nitrogens is 2. The molecule has 0 spiro atoms. The molecule has 2 aromatic heterocycles. The molecule has 4 nitrogen and oxygen atoms in total. The topological polar surface area (TPSA) is 55.0 Å². The number of fused-ring (bicyclic) bond motifs is 1. The van der Waals surface area contributed by atoms with E-state index < -0.39 is 12.8 Å². The molecule has 0 saturated heterocycles. The number of carbonyl (C=O) groups excluding carboxylic acids is 1. The molecule has 0 saturated carbocycles. The predicted molar refractivity (Wildman–Crippen MR) is 52.4 cm³/mol. The molecule has 17 heavy (non-hydrogen) atoms. The summed E-state index contributed by atoms with van der Waals surface area (Å²) in [4.78, 5) is 17.0. The van der Waals surface area contributed by atoms with Gasteiger partial charge in [-0.05, 0) is 12.1 Å². The van der Waals surface area contributed by atoms with E-state index in [2.05, 4.69) is 14.7 Å². The van der Waals surface area contributed by atoms with Crippen LogP contribution < -0.4 is 4.74 Å². The van der Waals surface area contributed by atoms with E-state index >= 15 is 0 Å². The van der Waals surface area contributed by atoms with Crippen LogP contribution in [0.2, 0.25) is 0 Å². The highest BCUT2D eigenvalue weighted by molar-refractivity contribution is 5.93. The van der Waals surface area contributed by atoms with Crippen molar-refractivity contribution < 1.29 is 22.7 Å². The van der Waals surface area contributed by atoms with Gasteiger partial charge in [-0.25, -0.2) is 4.98 Å². The van der Waals surface area contributed by atoms with Crippen LogP contribution in [-0.2, 0) is 4.79 Å². The van der Waals surface area contributed by atoms with E-state index in [-0.39, 0.29) is 17.1 Å². The minimum Gasteiger partial charge on any atom is -0.481 e. The molecular weight excluding hydrogens is 237 g/mol. The standard InChI is InChI=1S/C10H6F3N2O2/c11-10(12,13)5-17-8-6-2-1-3-14-9(6)15-7(8)4-16/h1-3H,5H2,(H,14,15). The lowest BCUT2D eigenvalue weighted by molar-refractivity contribution is -0.153. The number of aromatic amines is 1. The Bertz CT molecular complexity index is 548. The van der Waals surface area contributed by atoms with Crippen LogP contribution in [0.25, 0.3) is 11.0 Å². The molecule has 2 heterocycles. The zero-order valence-electron chi connectivity index (χ0n) is 8.34. The third-order valence-corrected chi connectivity index (χ3v) is 2.01. The van der Waals surface area contributed by atoms with Crippen LogP contribution in [0.5, 0.6) is 5.75 Å². The summed E-state index contributed by atoms with van der Waals surface area (Å²) in [5.74, 6) is -0.180. The van der Waals surface area contributed by atoms with Gasteiger partial charge in [0.2, 0.25) is 0 Å². The van der Waals surface area contributed by atoms with Crippen molar-refractivity contribution in [3.63, 3.8) is 0 Å². The Morgan fingerprint density at radius 1 is 1.47 bits per heavy atom. The molecule has 89 valence electrons. The van der Waals surface area contributed by atoms with E-state index in [9.17, 15) is 18.0 Å². The van der Waals surface area contributed by atoms with Crippen molar-refractivity contribution in [3.05, 3.63) is 24.0 Å². The lowest BCUT2D eigenvalue weighted by atomic mass is 10.3. The zero-order valence-corrected chi connectivity index (χ0v) is 8.34. The molecule has 0 aliphatic carbocycles. The zero-order chi connectivity index (χ0) is 12.5. The number of hydrogen-bond donors (Lipinski definition) is 1. The van der Waals surface area contributed by atoms with E-state index in [1.54, 1.807) is 0 Å². The molecule has 0 unspecified atom stereocenters. The fourth-order valence-electron chi connectivity index (χ4n) is 1.37. The van der Waals surface area contributed by atoms with Crippen molar-refractivity contribution in [2.75, 3.05) is 6.61 Å². The summed E-state index contributed by atoms with van der Waals surface area (Å²) in [6.45, 7) is -1.47. The van der Waals surface area contributed by atoms with Crippen LogP contribution in [0.3, 0.4) is 0 Å². The first kappa shape index (κ1) is 11.4. The first-order valence-corrected chi connectivity index (χ1v) is 4.55. The largest absolute Gasteiger partial charge is 0.481 e. The second-order valence-electron chi connectivity index (χ2n) is 3.23. The van der Waals surface area contributed by atoms with E-state index in [1.165, 1.54) is 24.6 Å². The third kappa shape index (κ3) is 2.38. The Balaban J connectivity index is 2.40. The van der Waals surface area contributed by atoms with Gasteiger partial charge < -0.3 is 9.72 Å². The smallest absolute Gasteiger partial charge is 0.422 e. The van der Waals surface area contributed by atoms with Crippen molar-refractivity contribution in [1.82, 2.24) is 9.97 Å². The van der Waals surface area contributed by atoms with Crippen LogP contribution in [0.4, 0.5) is 13.2 Å². The molecule has 1 radical (unpaired) electrons. The highest BCUT2D eigenvalue weighted by Crippen LogP contribution is 2.29. The second kappa shape index (κ2) is 4.08. The highest BCUT2D eigenvalue weighted by Gasteiger charge is 2.29. The number of pyridine rings is 1. The van der Waals surface area contributed by atoms with Crippen molar-refractivity contribution in [2.24, 2.45) is 0 Å². The molecule has 0 fully saturated rings. The van der Waals surface area contributed by atoms with Gasteiger partial charge in [-0.3, -0.25) is 4.79 Å². The van der Waals surface area contributed by atoms with Gasteiger partial charge in [0.05, 0.1) is 5.39 Å². The molecule has 0 amide bonds. The lowest BCUT2D eigenvalue weighted by Crippen LogP contribution is -2.19. The number of alkyl halides is 3. The van der Waals surface area contributed by atoms with Crippen molar-refractivity contribution in [1.29, 1.82) is 0 Å². The molecule has 0 aliphatic heterocycles. The Morgan fingerprint density at radius 2 is 2.24 bits per heavy atom. The third-order valence-electron chi connectivity index (χ3n) is 2.01. The first-order valence-electron chi connectivity index (χ1n) is 4.55. The molecule has 0 atom stereocenters. The molecule has 0 aromatic carbocycles. The van der Waals surface area contributed by atoms with E-state index in [0.29, 0.717) is 5.39 Å². The van der Waals surface area contributed by atoms with Crippen molar-refractivity contribution >= 4 is 17.3 Å². The SMILES string of the molecule is O=[C]c1[nH]c2ncccc2c1OCC(F)(F)F. The number of ether oxygens (including phenoxy) is 1. The second-order valence-corrected chi connectivity index (χ2v) is 3.23. The molecule has 1 N–H and O–H groups in total. The molecule has 0 bridgehead atoms. The molecular formula is C10H6F3N2O2. The normalized spacial score (nSPS) is 11.7. The van der Waals surface area contributed by atoms with Gasteiger partial charge in [-0.1, -0.05) is 0 Å². The number of halogens is 3. The molecule has 2 rings (SSSR count). The lowest BCUT2D eigenvalue weighted by Gasteiger charge is -2.08. The van der Waals surface area contributed by atoms with Gasteiger partial charge in [0.25, 0.3) is 6.29 Å². The molecule has 0 aliphatic rings. The summed E-state index contributed by atoms with van der Waals surface area (Å²) in [5.41, 5.74) is 0.103. The number of hydrogen-bond acceptors (Lipinski definition) is 3. The summed E-state index contributed by atoms with van der Waals surface area (Å²) in [6.07, 6.45) is -1.54. The van der Waals surface area contributed by atoms with Gasteiger partial charge in [0.15, 0.2) is 12.4 Å². The van der Waals surface area contributed by atoms with Crippen LogP contribution >= 0.6 is 0 Å². The van der Waals surface area contributed by atoms with Gasteiger partial charge >= 0.3 is 6.18 Å².